The Morgan fingerprint density at radius 2 is 1.93 bits per heavy atom. The third-order valence-electron chi connectivity index (χ3n) is 3.96. The summed E-state index contributed by atoms with van der Waals surface area (Å²) in [6.07, 6.45) is 3.51. The van der Waals surface area contributed by atoms with Crippen molar-refractivity contribution in [2.75, 3.05) is 11.9 Å². The first-order chi connectivity index (χ1) is 13.5. The number of rotatable bonds is 6. The average Bonchev–Trinajstić information content (AvgIpc) is 3.15. The fraction of sp³-hybridized carbons (Fsp3) is 0.200. The van der Waals surface area contributed by atoms with Gasteiger partial charge >= 0.3 is 0 Å². The maximum atomic E-state index is 12.0. The number of benzene rings is 1. The SMILES string of the molecule is Cc1ccc(NCC(=O)NNC(=O)Cc2csc(-c3cccnc3)n2)c(C)c1. The summed E-state index contributed by atoms with van der Waals surface area (Å²) in [5.41, 5.74) is 9.48. The van der Waals surface area contributed by atoms with Gasteiger partial charge in [-0.05, 0) is 37.6 Å². The van der Waals surface area contributed by atoms with Crippen molar-refractivity contribution in [3.05, 3.63) is 64.9 Å². The van der Waals surface area contributed by atoms with Gasteiger partial charge in [0.05, 0.1) is 18.7 Å². The third kappa shape index (κ3) is 5.37. The van der Waals surface area contributed by atoms with Gasteiger partial charge in [-0.1, -0.05) is 17.7 Å². The first-order valence-electron chi connectivity index (χ1n) is 8.75. The number of hydrogen-bond acceptors (Lipinski definition) is 6. The Balaban J connectivity index is 1.44. The monoisotopic (exact) mass is 395 g/mol. The van der Waals surface area contributed by atoms with Crippen molar-refractivity contribution in [2.45, 2.75) is 20.3 Å². The molecular weight excluding hydrogens is 374 g/mol. The number of hydrazine groups is 1. The van der Waals surface area contributed by atoms with Gasteiger partial charge in [-0.25, -0.2) is 4.98 Å². The molecule has 2 amide bonds. The molecule has 0 bridgehead atoms. The molecule has 2 aromatic heterocycles. The number of anilines is 1. The van der Waals surface area contributed by atoms with Gasteiger partial charge in [0.15, 0.2) is 0 Å². The number of amides is 2. The molecular formula is C20H21N5O2S. The van der Waals surface area contributed by atoms with Crippen molar-refractivity contribution in [1.29, 1.82) is 0 Å². The number of hydrogen-bond donors (Lipinski definition) is 3. The van der Waals surface area contributed by atoms with Crippen LogP contribution in [0, 0.1) is 13.8 Å². The largest absolute Gasteiger partial charge is 0.376 e. The quantitative estimate of drug-likeness (QED) is 0.558. The first-order valence-corrected chi connectivity index (χ1v) is 9.63. The Morgan fingerprint density at radius 1 is 1.11 bits per heavy atom. The Bertz CT molecular complexity index is 972. The first kappa shape index (κ1) is 19.5. The fourth-order valence-electron chi connectivity index (χ4n) is 2.59. The molecule has 0 spiro atoms. The molecule has 2 heterocycles. The number of thiazole rings is 1. The van der Waals surface area contributed by atoms with E-state index in [4.69, 9.17) is 0 Å². The van der Waals surface area contributed by atoms with Crippen LogP contribution in [0.1, 0.15) is 16.8 Å². The number of nitrogens with one attached hydrogen (secondary N) is 3. The van der Waals surface area contributed by atoms with E-state index in [2.05, 4.69) is 26.1 Å². The predicted octanol–water partition coefficient (Wildman–Crippen LogP) is 2.62. The highest BCUT2D eigenvalue weighted by atomic mass is 32.1. The van der Waals surface area contributed by atoms with Crippen LogP contribution in [0.15, 0.2) is 48.1 Å². The summed E-state index contributed by atoms with van der Waals surface area (Å²) in [7, 11) is 0. The molecule has 3 rings (SSSR count). The lowest BCUT2D eigenvalue weighted by molar-refractivity contribution is -0.127. The molecule has 0 unspecified atom stereocenters. The maximum Gasteiger partial charge on any atom is 0.257 e. The number of aryl methyl sites for hydroxylation is 2. The van der Waals surface area contributed by atoms with Crippen molar-refractivity contribution in [3.8, 4) is 10.6 Å². The van der Waals surface area contributed by atoms with Crippen molar-refractivity contribution in [3.63, 3.8) is 0 Å². The van der Waals surface area contributed by atoms with Gasteiger partial charge in [0, 0.05) is 29.0 Å². The minimum Gasteiger partial charge on any atom is -0.376 e. The number of nitrogens with zero attached hydrogens (tertiary/aromatic N) is 2. The molecule has 0 radical (unpaired) electrons. The molecule has 0 aliphatic heterocycles. The van der Waals surface area contributed by atoms with Gasteiger partial charge in [0.25, 0.3) is 5.91 Å². The lowest BCUT2D eigenvalue weighted by Crippen LogP contribution is -2.44. The molecule has 0 saturated heterocycles. The van der Waals surface area contributed by atoms with Crippen LogP contribution >= 0.6 is 11.3 Å². The molecule has 3 aromatic rings. The van der Waals surface area contributed by atoms with Crippen molar-refractivity contribution >= 4 is 28.8 Å². The molecule has 8 heteroatoms. The van der Waals surface area contributed by atoms with E-state index in [1.54, 1.807) is 12.4 Å². The summed E-state index contributed by atoms with van der Waals surface area (Å²) in [4.78, 5) is 32.5. The smallest absolute Gasteiger partial charge is 0.257 e. The molecule has 28 heavy (non-hydrogen) atoms. The number of carbonyl (C=O) groups excluding carboxylic acids is 2. The second-order valence-electron chi connectivity index (χ2n) is 6.33. The highest BCUT2D eigenvalue weighted by molar-refractivity contribution is 7.13. The Morgan fingerprint density at radius 3 is 2.68 bits per heavy atom. The lowest BCUT2D eigenvalue weighted by atomic mass is 10.1. The Labute approximate surface area is 167 Å². The van der Waals surface area contributed by atoms with Gasteiger partial charge in [0.1, 0.15) is 5.01 Å². The molecule has 0 atom stereocenters. The summed E-state index contributed by atoms with van der Waals surface area (Å²) < 4.78 is 0. The zero-order chi connectivity index (χ0) is 19.9. The van der Waals surface area contributed by atoms with Crippen molar-refractivity contribution < 1.29 is 9.59 Å². The van der Waals surface area contributed by atoms with Gasteiger partial charge in [-0.3, -0.25) is 25.4 Å². The zero-order valence-electron chi connectivity index (χ0n) is 15.7. The van der Waals surface area contributed by atoms with Crippen LogP contribution in [0.2, 0.25) is 0 Å². The lowest BCUT2D eigenvalue weighted by Gasteiger charge is -2.11. The van der Waals surface area contributed by atoms with E-state index >= 15 is 0 Å². The van der Waals surface area contributed by atoms with Crippen molar-refractivity contribution in [2.24, 2.45) is 0 Å². The van der Waals surface area contributed by atoms with Crippen LogP contribution in [0.5, 0.6) is 0 Å². The van der Waals surface area contributed by atoms with Crippen molar-refractivity contribution in [1.82, 2.24) is 20.8 Å². The third-order valence-corrected chi connectivity index (χ3v) is 4.90. The van der Waals surface area contributed by atoms with E-state index in [-0.39, 0.29) is 24.8 Å². The van der Waals surface area contributed by atoms with Crippen LogP contribution in [0.25, 0.3) is 10.6 Å². The molecule has 144 valence electrons. The number of pyridine rings is 1. The minimum atomic E-state index is -0.331. The van der Waals surface area contributed by atoms with Gasteiger partial charge in [-0.2, -0.15) is 0 Å². The van der Waals surface area contributed by atoms with E-state index in [9.17, 15) is 9.59 Å². The van der Waals surface area contributed by atoms with E-state index in [0.717, 1.165) is 27.4 Å². The van der Waals surface area contributed by atoms with Crippen LogP contribution in [-0.2, 0) is 16.0 Å². The standard InChI is InChI=1S/C20H21N5O2S/c1-13-5-6-17(14(2)8-13)22-11-19(27)25-24-18(26)9-16-12-28-20(23-16)15-4-3-7-21-10-15/h3-8,10,12,22H,9,11H2,1-2H3,(H,24,26)(H,25,27). The molecule has 3 N–H and O–H groups in total. The van der Waals surface area contributed by atoms with E-state index in [0.29, 0.717) is 5.69 Å². The summed E-state index contributed by atoms with van der Waals surface area (Å²) in [6.45, 7) is 4.05. The van der Waals surface area contributed by atoms with Gasteiger partial charge in [-0.15, -0.1) is 11.3 Å². The minimum absolute atomic E-state index is 0.0615. The maximum absolute atomic E-state index is 12.0. The van der Waals surface area contributed by atoms with E-state index < -0.39 is 0 Å². The van der Waals surface area contributed by atoms with Gasteiger partial charge < -0.3 is 5.32 Å². The molecule has 0 aliphatic carbocycles. The molecule has 0 aliphatic rings. The predicted molar refractivity (Wildman–Crippen MR) is 110 cm³/mol. The second kappa shape index (κ2) is 9.09. The van der Waals surface area contributed by atoms with Crippen LogP contribution in [0.4, 0.5) is 5.69 Å². The van der Waals surface area contributed by atoms with E-state index in [1.165, 1.54) is 11.3 Å². The van der Waals surface area contributed by atoms with Crippen LogP contribution in [-0.4, -0.2) is 28.3 Å². The summed E-state index contributed by atoms with van der Waals surface area (Å²) >= 11 is 1.45. The molecule has 7 nitrogen and oxygen atoms in total. The topological polar surface area (TPSA) is 96.0 Å². The van der Waals surface area contributed by atoms with Crippen LogP contribution in [0.3, 0.4) is 0 Å². The highest BCUT2D eigenvalue weighted by Crippen LogP contribution is 2.22. The average molecular weight is 395 g/mol. The molecule has 0 fully saturated rings. The van der Waals surface area contributed by atoms with E-state index in [1.807, 2.05) is 49.6 Å². The summed E-state index contributed by atoms with van der Waals surface area (Å²) in [6, 6.07) is 9.69. The number of carbonyl (C=O) groups is 2. The Hall–Kier alpha value is -3.26. The second-order valence-corrected chi connectivity index (χ2v) is 7.19. The molecule has 1 aromatic carbocycles. The normalized spacial score (nSPS) is 10.4. The zero-order valence-corrected chi connectivity index (χ0v) is 16.5. The summed E-state index contributed by atoms with van der Waals surface area (Å²) in [5, 5.41) is 5.68. The van der Waals surface area contributed by atoms with Crippen LogP contribution < -0.4 is 16.2 Å². The Kier molecular flexibility index (Phi) is 6.33. The van der Waals surface area contributed by atoms with Gasteiger partial charge in [0.2, 0.25) is 5.91 Å². The fourth-order valence-corrected chi connectivity index (χ4v) is 3.40. The number of aromatic nitrogens is 2. The molecule has 0 saturated carbocycles. The highest BCUT2D eigenvalue weighted by Gasteiger charge is 2.10. The summed E-state index contributed by atoms with van der Waals surface area (Å²) in [5.74, 6) is -0.662.